The van der Waals surface area contributed by atoms with Crippen molar-refractivity contribution < 1.29 is 4.74 Å². The largest absolute Gasteiger partial charge is 0.381 e. The Morgan fingerprint density at radius 1 is 1.44 bits per heavy atom. The molecule has 1 heterocycles. The summed E-state index contributed by atoms with van der Waals surface area (Å²) in [7, 11) is 0. The Labute approximate surface area is 98.0 Å². The zero-order chi connectivity index (χ0) is 11.4. The van der Waals surface area contributed by atoms with Crippen molar-refractivity contribution in [3.8, 4) is 0 Å². The minimum absolute atomic E-state index is 0.544. The summed E-state index contributed by atoms with van der Waals surface area (Å²) < 4.78 is 5.41. The number of rotatable bonds is 4. The normalized spacial score (nSPS) is 22.2. The summed E-state index contributed by atoms with van der Waals surface area (Å²) in [6, 6.07) is 9.10. The molecule has 2 nitrogen and oxygen atoms in total. The molecule has 0 amide bonds. The molecule has 1 saturated heterocycles. The molecule has 88 valence electrons. The van der Waals surface area contributed by atoms with Crippen molar-refractivity contribution in [1.82, 2.24) is 5.32 Å². The molecule has 2 unspecified atom stereocenters. The predicted molar refractivity (Wildman–Crippen MR) is 66.4 cm³/mol. The standard InChI is InChI=1S/C14H21NO/c1-11-5-3-4-6-13(11)9-15-12(2)14-7-8-16-10-14/h3-6,12,14-15H,7-10H2,1-2H3. The Bertz CT molecular complexity index is 331. The number of hydrogen-bond donors (Lipinski definition) is 1. The fourth-order valence-electron chi connectivity index (χ4n) is 2.19. The van der Waals surface area contributed by atoms with Crippen molar-refractivity contribution in [2.75, 3.05) is 13.2 Å². The Hall–Kier alpha value is -0.860. The first-order valence-electron chi connectivity index (χ1n) is 6.13. The third-order valence-electron chi connectivity index (χ3n) is 3.55. The molecule has 2 atom stereocenters. The second-order valence-corrected chi connectivity index (χ2v) is 4.72. The highest BCUT2D eigenvalue weighted by Crippen LogP contribution is 2.17. The molecular weight excluding hydrogens is 198 g/mol. The second kappa shape index (κ2) is 5.46. The molecule has 1 aliphatic heterocycles. The summed E-state index contributed by atoms with van der Waals surface area (Å²) >= 11 is 0. The van der Waals surface area contributed by atoms with E-state index in [9.17, 15) is 0 Å². The van der Waals surface area contributed by atoms with Crippen LogP contribution in [0.1, 0.15) is 24.5 Å². The number of aryl methyl sites for hydroxylation is 1. The molecule has 1 fully saturated rings. The minimum atomic E-state index is 0.544. The topological polar surface area (TPSA) is 21.3 Å². The summed E-state index contributed by atoms with van der Waals surface area (Å²) in [6.07, 6.45) is 1.20. The van der Waals surface area contributed by atoms with Crippen LogP contribution in [0.25, 0.3) is 0 Å². The van der Waals surface area contributed by atoms with E-state index in [-0.39, 0.29) is 0 Å². The molecule has 1 aliphatic rings. The predicted octanol–water partition coefficient (Wildman–Crippen LogP) is 2.51. The molecular formula is C14H21NO. The quantitative estimate of drug-likeness (QED) is 0.840. The van der Waals surface area contributed by atoms with Gasteiger partial charge in [0.2, 0.25) is 0 Å². The summed E-state index contributed by atoms with van der Waals surface area (Å²) in [5, 5.41) is 3.60. The van der Waals surface area contributed by atoms with Crippen molar-refractivity contribution in [3.05, 3.63) is 35.4 Å². The van der Waals surface area contributed by atoms with Gasteiger partial charge in [0.25, 0.3) is 0 Å². The number of ether oxygens (including phenoxy) is 1. The van der Waals surface area contributed by atoms with Crippen LogP contribution in [0.5, 0.6) is 0 Å². The van der Waals surface area contributed by atoms with Gasteiger partial charge in [-0.05, 0) is 37.3 Å². The SMILES string of the molecule is Cc1ccccc1CNC(C)C1CCOC1. The van der Waals surface area contributed by atoms with Crippen molar-refractivity contribution in [2.24, 2.45) is 5.92 Å². The zero-order valence-corrected chi connectivity index (χ0v) is 10.2. The molecule has 16 heavy (non-hydrogen) atoms. The van der Waals surface area contributed by atoms with Crippen LogP contribution in [0.15, 0.2) is 24.3 Å². The molecule has 0 aliphatic carbocycles. The Kier molecular flexibility index (Phi) is 3.97. The fraction of sp³-hybridized carbons (Fsp3) is 0.571. The lowest BCUT2D eigenvalue weighted by molar-refractivity contribution is 0.178. The van der Waals surface area contributed by atoms with Crippen LogP contribution in [0, 0.1) is 12.8 Å². The molecule has 2 rings (SSSR count). The van der Waals surface area contributed by atoms with Crippen LogP contribution < -0.4 is 5.32 Å². The van der Waals surface area contributed by atoms with Gasteiger partial charge in [0.05, 0.1) is 6.61 Å². The summed E-state index contributed by atoms with van der Waals surface area (Å²) in [6.45, 7) is 7.24. The minimum Gasteiger partial charge on any atom is -0.381 e. The zero-order valence-electron chi connectivity index (χ0n) is 10.2. The van der Waals surface area contributed by atoms with Crippen LogP contribution in [-0.4, -0.2) is 19.3 Å². The fourth-order valence-corrected chi connectivity index (χ4v) is 2.19. The molecule has 0 radical (unpaired) electrons. The summed E-state index contributed by atoms with van der Waals surface area (Å²) in [4.78, 5) is 0. The van der Waals surface area contributed by atoms with Crippen LogP contribution in [0.3, 0.4) is 0 Å². The first-order chi connectivity index (χ1) is 7.77. The van der Waals surface area contributed by atoms with Crippen molar-refractivity contribution >= 4 is 0 Å². The third kappa shape index (κ3) is 2.83. The van der Waals surface area contributed by atoms with E-state index in [2.05, 4.69) is 43.4 Å². The van der Waals surface area contributed by atoms with E-state index in [0.717, 1.165) is 19.8 Å². The highest BCUT2D eigenvalue weighted by Gasteiger charge is 2.21. The van der Waals surface area contributed by atoms with Gasteiger partial charge in [-0.2, -0.15) is 0 Å². The van der Waals surface area contributed by atoms with Crippen molar-refractivity contribution in [3.63, 3.8) is 0 Å². The lowest BCUT2D eigenvalue weighted by Crippen LogP contribution is -2.33. The second-order valence-electron chi connectivity index (χ2n) is 4.72. The van der Waals surface area contributed by atoms with Gasteiger partial charge >= 0.3 is 0 Å². The molecule has 2 heteroatoms. The van der Waals surface area contributed by atoms with E-state index in [4.69, 9.17) is 4.74 Å². The monoisotopic (exact) mass is 219 g/mol. The Balaban J connectivity index is 1.84. The van der Waals surface area contributed by atoms with Crippen LogP contribution >= 0.6 is 0 Å². The van der Waals surface area contributed by atoms with Crippen LogP contribution in [0.2, 0.25) is 0 Å². The molecule has 1 aromatic rings. The average molecular weight is 219 g/mol. The molecule has 1 aromatic carbocycles. The maximum Gasteiger partial charge on any atom is 0.0509 e. The van der Waals surface area contributed by atoms with Gasteiger partial charge < -0.3 is 10.1 Å². The maximum atomic E-state index is 5.41. The third-order valence-corrected chi connectivity index (χ3v) is 3.55. The first kappa shape index (κ1) is 11.6. The highest BCUT2D eigenvalue weighted by atomic mass is 16.5. The number of nitrogens with one attached hydrogen (secondary N) is 1. The van der Waals surface area contributed by atoms with E-state index in [1.165, 1.54) is 17.5 Å². The Morgan fingerprint density at radius 2 is 2.25 bits per heavy atom. The van der Waals surface area contributed by atoms with Gasteiger partial charge in [0.15, 0.2) is 0 Å². The first-order valence-corrected chi connectivity index (χ1v) is 6.13. The Morgan fingerprint density at radius 3 is 2.94 bits per heavy atom. The van der Waals surface area contributed by atoms with E-state index in [1.807, 2.05) is 0 Å². The van der Waals surface area contributed by atoms with E-state index in [1.54, 1.807) is 0 Å². The van der Waals surface area contributed by atoms with E-state index in [0.29, 0.717) is 12.0 Å². The molecule has 0 saturated carbocycles. The molecule has 0 bridgehead atoms. The van der Waals surface area contributed by atoms with Gasteiger partial charge in [-0.25, -0.2) is 0 Å². The van der Waals surface area contributed by atoms with Crippen molar-refractivity contribution in [1.29, 1.82) is 0 Å². The van der Waals surface area contributed by atoms with E-state index < -0.39 is 0 Å². The smallest absolute Gasteiger partial charge is 0.0509 e. The van der Waals surface area contributed by atoms with Gasteiger partial charge in [-0.3, -0.25) is 0 Å². The summed E-state index contributed by atoms with van der Waals surface area (Å²) in [5.74, 6) is 0.684. The molecule has 1 N–H and O–H groups in total. The lowest BCUT2D eigenvalue weighted by atomic mass is 10.00. The number of hydrogen-bond acceptors (Lipinski definition) is 2. The van der Waals surface area contributed by atoms with E-state index >= 15 is 0 Å². The highest BCUT2D eigenvalue weighted by molar-refractivity contribution is 5.25. The molecule has 0 aromatic heterocycles. The lowest BCUT2D eigenvalue weighted by Gasteiger charge is -2.19. The van der Waals surface area contributed by atoms with Gasteiger partial charge in [0, 0.05) is 19.2 Å². The molecule has 0 spiro atoms. The van der Waals surface area contributed by atoms with Crippen molar-refractivity contribution in [2.45, 2.75) is 32.9 Å². The van der Waals surface area contributed by atoms with Gasteiger partial charge in [-0.15, -0.1) is 0 Å². The van der Waals surface area contributed by atoms with Crippen LogP contribution in [-0.2, 0) is 11.3 Å². The average Bonchev–Trinajstić information content (AvgIpc) is 2.81. The maximum absolute atomic E-state index is 5.41. The van der Waals surface area contributed by atoms with Gasteiger partial charge in [-0.1, -0.05) is 24.3 Å². The van der Waals surface area contributed by atoms with Crippen LogP contribution in [0.4, 0.5) is 0 Å². The summed E-state index contributed by atoms with van der Waals surface area (Å²) in [5.41, 5.74) is 2.76. The van der Waals surface area contributed by atoms with Gasteiger partial charge in [0.1, 0.15) is 0 Å². The number of benzene rings is 1.